The molecule has 1 atom stereocenters. The molecule has 0 spiro atoms. The van der Waals surface area contributed by atoms with Gasteiger partial charge in [0.2, 0.25) is 0 Å². The maximum absolute atomic E-state index is 8.36. The number of nitrogens with zero attached hydrogens (tertiary/aromatic N) is 2. The highest BCUT2D eigenvalue weighted by Gasteiger charge is 2.40. The minimum Gasteiger partial charge on any atom is -0.496 e. The molecule has 166 valence electrons. The summed E-state index contributed by atoms with van der Waals surface area (Å²) in [7, 11) is 3.30. The van der Waals surface area contributed by atoms with E-state index < -0.39 is 5.54 Å². The van der Waals surface area contributed by atoms with E-state index in [1.807, 2.05) is 49.5 Å². The molecule has 1 aliphatic heterocycles. The van der Waals surface area contributed by atoms with Crippen molar-refractivity contribution in [1.82, 2.24) is 4.98 Å². The number of aromatic nitrogens is 1. The molecule has 2 heterocycles. The van der Waals surface area contributed by atoms with E-state index in [2.05, 4.69) is 17.1 Å². The van der Waals surface area contributed by atoms with Gasteiger partial charge in [-0.1, -0.05) is 24.3 Å². The molecule has 1 unspecified atom stereocenters. The Morgan fingerprint density at radius 1 is 1.06 bits per heavy atom. The molecule has 32 heavy (non-hydrogen) atoms. The average molecular weight is 435 g/mol. The second-order valence-electron chi connectivity index (χ2n) is 7.08. The second kappa shape index (κ2) is 9.82. The van der Waals surface area contributed by atoms with Crippen molar-refractivity contribution in [3.8, 4) is 22.6 Å². The van der Waals surface area contributed by atoms with Crippen LogP contribution in [0.3, 0.4) is 0 Å². The number of aryl methyl sites for hydroxylation is 1. The quantitative estimate of drug-likeness (QED) is 0.590. The molecule has 8 heteroatoms. The molecule has 3 aromatic rings. The van der Waals surface area contributed by atoms with Crippen molar-refractivity contribution in [2.45, 2.75) is 12.5 Å². The standard InChI is InChI=1S/C23H23N3O3.CH2O2/c1-15-9-19(7-8-21(15)28-3)23(14-29-22(24)26-23)18-6-4-5-16(10-18)17-11-20(27-2)13-25-12-17;2-1-3/h4-13H,14H2,1-3H3,(H2,24,26);1H,(H,2,3). The zero-order valence-corrected chi connectivity index (χ0v) is 18.1. The van der Waals surface area contributed by atoms with Crippen LogP contribution < -0.4 is 15.2 Å². The zero-order valence-electron chi connectivity index (χ0n) is 18.1. The van der Waals surface area contributed by atoms with Crippen LogP contribution in [0.1, 0.15) is 16.7 Å². The monoisotopic (exact) mass is 435 g/mol. The van der Waals surface area contributed by atoms with Crippen molar-refractivity contribution < 1.29 is 24.1 Å². The molecule has 2 aromatic carbocycles. The van der Waals surface area contributed by atoms with Gasteiger partial charge in [0.25, 0.3) is 12.5 Å². The first kappa shape index (κ1) is 22.6. The minimum absolute atomic E-state index is 0.187. The van der Waals surface area contributed by atoms with Crippen LogP contribution >= 0.6 is 0 Å². The number of hydrogen-bond acceptors (Lipinski definition) is 7. The van der Waals surface area contributed by atoms with E-state index in [1.165, 1.54) is 0 Å². The van der Waals surface area contributed by atoms with E-state index in [0.29, 0.717) is 12.4 Å². The van der Waals surface area contributed by atoms with Crippen LogP contribution in [0.4, 0.5) is 0 Å². The van der Waals surface area contributed by atoms with Crippen LogP contribution in [0, 0.1) is 6.92 Å². The lowest BCUT2D eigenvalue weighted by molar-refractivity contribution is -0.122. The molecule has 8 nitrogen and oxygen atoms in total. The number of carboxylic acid groups (broad SMARTS) is 1. The number of benzene rings is 2. The fraction of sp³-hybridized carbons (Fsp3) is 0.208. The van der Waals surface area contributed by atoms with Crippen LogP contribution in [0.15, 0.2) is 65.9 Å². The lowest BCUT2D eigenvalue weighted by Gasteiger charge is -2.26. The molecular formula is C24H25N3O5. The van der Waals surface area contributed by atoms with Gasteiger partial charge in [0.05, 0.1) is 20.4 Å². The summed E-state index contributed by atoms with van der Waals surface area (Å²) in [5.74, 6) is 1.54. The molecule has 1 aliphatic rings. The Bertz CT molecular complexity index is 1130. The van der Waals surface area contributed by atoms with Gasteiger partial charge in [0.1, 0.15) is 18.1 Å². The van der Waals surface area contributed by atoms with Gasteiger partial charge in [0, 0.05) is 11.8 Å². The number of methoxy groups -OCH3 is 2. The smallest absolute Gasteiger partial charge is 0.290 e. The molecule has 3 N–H and O–H groups in total. The first-order chi connectivity index (χ1) is 15.5. The summed E-state index contributed by atoms with van der Waals surface area (Å²) in [6.07, 6.45) is 3.50. The maximum atomic E-state index is 8.36. The summed E-state index contributed by atoms with van der Waals surface area (Å²) >= 11 is 0. The molecule has 0 amide bonds. The molecule has 0 radical (unpaired) electrons. The van der Waals surface area contributed by atoms with Crippen molar-refractivity contribution in [1.29, 1.82) is 0 Å². The summed E-state index contributed by atoms with van der Waals surface area (Å²) in [6, 6.07) is 16.4. The van der Waals surface area contributed by atoms with E-state index in [0.717, 1.165) is 33.6 Å². The van der Waals surface area contributed by atoms with Crippen molar-refractivity contribution in [2.75, 3.05) is 20.8 Å². The third-order valence-electron chi connectivity index (χ3n) is 5.22. The number of hydrogen-bond donors (Lipinski definition) is 2. The van der Waals surface area contributed by atoms with Gasteiger partial charge in [0.15, 0.2) is 5.54 Å². The number of carbonyl (C=O) groups is 1. The maximum Gasteiger partial charge on any atom is 0.290 e. The first-order valence-corrected chi connectivity index (χ1v) is 9.78. The van der Waals surface area contributed by atoms with E-state index in [1.54, 1.807) is 20.4 Å². The van der Waals surface area contributed by atoms with E-state index in [-0.39, 0.29) is 12.5 Å². The molecule has 4 rings (SSSR count). The molecule has 0 fully saturated rings. The van der Waals surface area contributed by atoms with Gasteiger partial charge < -0.3 is 25.1 Å². The SMILES string of the molecule is COc1cncc(-c2cccc(C3(c4ccc(OC)c(C)c4)COC(N)=N3)c2)c1.O=CO. The van der Waals surface area contributed by atoms with Crippen molar-refractivity contribution in [3.05, 3.63) is 77.6 Å². The summed E-state index contributed by atoms with van der Waals surface area (Å²) in [5, 5.41) is 6.89. The number of pyridine rings is 1. The van der Waals surface area contributed by atoms with Gasteiger partial charge in [-0.2, -0.15) is 0 Å². The highest BCUT2D eigenvalue weighted by Crippen LogP contribution is 2.40. The topological polar surface area (TPSA) is 116 Å². The van der Waals surface area contributed by atoms with Crippen LogP contribution in [0.5, 0.6) is 11.5 Å². The van der Waals surface area contributed by atoms with E-state index in [9.17, 15) is 0 Å². The van der Waals surface area contributed by atoms with Gasteiger partial charge in [-0.15, -0.1) is 0 Å². The second-order valence-corrected chi connectivity index (χ2v) is 7.08. The molecule has 0 bridgehead atoms. The average Bonchev–Trinajstić information content (AvgIpc) is 3.22. The van der Waals surface area contributed by atoms with E-state index in [4.69, 9.17) is 34.8 Å². The molecule has 1 aromatic heterocycles. The fourth-order valence-corrected chi connectivity index (χ4v) is 3.67. The van der Waals surface area contributed by atoms with Crippen molar-refractivity contribution in [3.63, 3.8) is 0 Å². The summed E-state index contributed by atoms with van der Waals surface area (Å²) < 4.78 is 16.3. The van der Waals surface area contributed by atoms with Gasteiger partial charge in [-0.25, -0.2) is 4.99 Å². The minimum atomic E-state index is -0.719. The van der Waals surface area contributed by atoms with Crippen molar-refractivity contribution >= 4 is 12.5 Å². The van der Waals surface area contributed by atoms with Crippen LogP contribution in [0.2, 0.25) is 0 Å². The Morgan fingerprint density at radius 3 is 2.44 bits per heavy atom. The lowest BCUT2D eigenvalue weighted by atomic mass is 9.82. The Labute approximate surface area is 186 Å². The number of ether oxygens (including phenoxy) is 3. The van der Waals surface area contributed by atoms with Crippen LogP contribution in [0.25, 0.3) is 11.1 Å². The number of nitrogens with two attached hydrogens (primary N) is 1. The lowest BCUT2D eigenvalue weighted by Crippen LogP contribution is -2.27. The first-order valence-electron chi connectivity index (χ1n) is 9.78. The number of rotatable bonds is 5. The third kappa shape index (κ3) is 4.49. The predicted octanol–water partition coefficient (Wildman–Crippen LogP) is 3.36. The number of aliphatic imine (C=N–C) groups is 1. The Balaban J connectivity index is 0.000000913. The summed E-state index contributed by atoms with van der Waals surface area (Å²) in [4.78, 5) is 17.3. The third-order valence-corrected chi connectivity index (χ3v) is 5.22. The largest absolute Gasteiger partial charge is 0.496 e. The molecule has 0 saturated carbocycles. The highest BCUT2D eigenvalue weighted by atomic mass is 16.5. The van der Waals surface area contributed by atoms with Gasteiger partial charge >= 0.3 is 0 Å². The Morgan fingerprint density at radius 2 is 1.81 bits per heavy atom. The van der Waals surface area contributed by atoms with Gasteiger partial charge in [-0.3, -0.25) is 9.78 Å². The van der Waals surface area contributed by atoms with E-state index >= 15 is 0 Å². The van der Waals surface area contributed by atoms with Crippen LogP contribution in [-0.4, -0.2) is 43.4 Å². The Hall–Kier alpha value is -4.07. The van der Waals surface area contributed by atoms with Crippen molar-refractivity contribution in [2.24, 2.45) is 10.7 Å². The highest BCUT2D eigenvalue weighted by molar-refractivity contribution is 5.76. The Kier molecular flexibility index (Phi) is 6.94. The van der Waals surface area contributed by atoms with Crippen LogP contribution in [-0.2, 0) is 15.1 Å². The molecular weight excluding hydrogens is 410 g/mol. The molecule has 0 aliphatic carbocycles. The normalized spacial score (nSPS) is 16.8. The summed E-state index contributed by atoms with van der Waals surface area (Å²) in [5.41, 5.74) is 10.2. The molecule has 0 saturated heterocycles. The zero-order chi connectivity index (χ0) is 23.1. The summed E-state index contributed by atoms with van der Waals surface area (Å²) in [6.45, 7) is 2.10. The number of amidine groups is 1. The predicted molar refractivity (Wildman–Crippen MR) is 121 cm³/mol. The fourth-order valence-electron chi connectivity index (χ4n) is 3.67. The van der Waals surface area contributed by atoms with Gasteiger partial charge in [-0.05, 0) is 53.4 Å².